The largest absolute Gasteiger partial charge is 0.780 e. The van der Waals surface area contributed by atoms with Gasteiger partial charge in [0.05, 0.1) is 18.0 Å². The third-order valence-electron chi connectivity index (χ3n) is 10.1. The molecule has 26 nitrogen and oxygen atoms in total. The van der Waals surface area contributed by atoms with Gasteiger partial charge in [0.25, 0.3) is 5.69 Å². The summed E-state index contributed by atoms with van der Waals surface area (Å²) in [6.07, 6.45) is 4.63. The molecule has 0 amide bonds. The molecule has 0 radical (unpaired) electrons. The first-order valence-corrected chi connectivity index (χ1v) is 26.6. The van der Waals surface area contributed by atoms with E-state index < -0.39 is 48.0 Å². The summed E-state index contributed by atoms with van der Waals surface area (Å²) in [6, 6.07) is 24.2. The van der Waals surface area contributed by atoms with Crippen molar-refractivity contribution in [2.24, 2.45) is 4.99 Å². The van der Waals surface area contributed by atoms with Crippen LogP contribution < -0.4 is 73.9 Å². The van der Waals surface area contributed by atoms with Crippen molar-refractivity contribution >= 4 is 87.2 Å². The minimum absolute atomic E-state index is 0.0263. The van der Waals surface area contributed by atoms with E-state index in [1.54, 1.807) is 12.1 Å². The second-order valence-corrected chi connectivity index (χ2v) is 20.2. The molecule has 2 aromatic heterocycles. The van der Waals surface area contributed by atoms with Crippen molar-refractivity contribution in [2.75, 3.05) is 0 Å². The van der Waals surface area contributed by atoms with Crippen LogP contribution in [-0.2, 0) is 28.5 Å². The molecule has 4 aromatic carbocycles. The Morgan fingerprint density at radius 1 is 0.566 bits per heavy atom. The molecule has 0 bridgehead atoms. The lowest BCUT2D eigenvalue weighted by atomic mass is 9.71. The van der Waals surface area contributed by atoms with Crippen molar-refractivity contribution in [3.8, 4) is 34.5 Å². The number of rotatable bonds is 8. The molecule has 4 heterocycles. The summed E-state index contributed by atoms with van der Waals surface area (Å²) in [6.45, 7) is 10.5. The van der Waals surface area contributed by atoms with Gasteiger partial charge in [0, 0.05) is 46.5 Å². The first-order valence-electron chi connectivity index (χ1n) is 20.8. The van der Waals surface area contributed by atoms with Gasteiger partial charge in [-0.25, -0.2) is 19.6 Å². The zero-order valence-electron chi connectivity index (χ0n) is 38.1. The number of aliphatic imine (C=N–C) groups is 1. The predicted octanol–water partition coefficient (Wildman–Crippen LogP) is 2.38. The Morgan fingerprint density at radius 2 is 1.09 bits per heavy atom. The van der Waals surface area contributed by atoms with Crippen molar-refractivity contribution in [3.05, 3.63) is 181 Å². The lowest BCUT2D eigenvalue weighted by Gasteiger charge is -2.36. The SMILES string of the molecule is CC1(C)C2=CC(=O)C=CC2=Nc2ccc(OP(=O)([O-])[O-])cc21.O=c1ccc2ccc(OP(=O)([O-])[O-])cc2o1.O=c1ccc2nc3ccc(OP(=O)([O-])[O-])cc3oc-2c1.[C-]#[N+]c1cc2ccc(OP(=O)([O-])[O-])cc2oc1=O. The van der Waals surface area contributed by atoms with Gasteiger partial charge in [-0.15, -0.1) is 0 Å². The van der Waals surface area contributed by atoms with Crippen molar-refractivity contribution < 1.29 is 93.5 Å². The number of aromatic nitrogens is 1. The molecule has 6 aromatic rings. The number of benzene rings is 5. The molecule has 2 aliphatic heterocycles. The summed E-state index contributed by atoms with van der Waals surface area (Å²) in [4.78, 5) is 141. The van der Waals surface area contributed by atoms with Crippen molar-refractivity contribution in [1.82, 2.24) is 4.98 Å². The van der Waals surface area contributed by atoms with Crippen LogP contribution in [0.3, 0.4) is 0 Å². The average molecular weight is 1110 g/mol. The van der Waals surface area contributed by atoms with Crippen LogP contribution in [-0.4, -0.2) is 16.5 Å². The summed E-state index contributed by atoms with van der Waals surface area (Å²) in [5, 5.41) is 1.01. The van der Waals surface area contributed by atoms with E-state index in [1.807, 2.05) is 13.8 Å². The van der Waals surface area contributed by atoms with Crippen LogP contribution in [0.4, 0.5) is 11.4 Å². The Hall–Kier alpha value is -7.97. The fraction of sp³-hybridized carbons (Fsp3) is 0.0652. The quantitative estimate of drug-likeness (QED) is 0.0693. The average Bonchev–Trinajstić information content (AvgIpc) is 3.30. The molecule has 0 saturated heterocycles. The van der Waals surface area contributed by atoms with Crippen LogP contribution >= 0.6 is 31.3 Å². The van der Waals surface area contributed by atoms with Gasteiger partial charge in [-0.1, -0.05) is 13.8 Å². The molecule has 392 valence electrons. The van der Waals surface area contributed by atoms with Gasteiger partial charge in [0.15, 0.2) is 22.6 Å². The highest BCUT2D eigenvalue weighted by molar-refractivity contribution is 7.44. The first kappa shape index (κ1) is 55.8. The maximum Gasteiger partial charge on any atom is 0.341 e. The number of phosphoric acid groups is 4. The maximum absolute atomic E-state index is 11.6. The van der Waals surface area contributed by atoms with Crippen molar-refractivity contribution in [3.63, 3.8) is 0 Å². The Bertz CT molecular complexity index is 4110. The van der Waals surface area contributed by atoms with E-state index in [4.69, 9.17) is 19.8 Å². The minimum Gasteiger partial charge on any atom is -0.780 e. The Balaban J connectivity index is 0.000000148. The van der Waals surface area contributed by atoms with Crippen molar-refractivity contribution in [2.45, 2.75) is 19.3 Å². The predicted molar refractivity (Wildman–Crippen MR) is 250 cm³/mol. The van der Waals surface area contributed by atoms with Crippen LogP contribution in [0.2, 0.25) is 0 Å². The molecule has 0 atom stereocenters. The highest BCUT2D eigenvalue weighted by atomic mass is 31.2. The third kappa shape index (κ3) is 14.9. The Labute approximate surface area is 424 Å². The fourth-order valence-electron chi connectivity index (χ4n) is 7.03. The molecule has 0 spiro atoms. The maximum atomic E-state index is 11.6. The summed E-state index contributed by atoms with van der Waals surface area (Å²) in [5.74, 6) is -0.535. The first-order chi connectivity index (χ1) is 35.4. The molecule has 2 aliphatic carbocycles. The molecule has 10 rings (SSSR count). The van der Waals surface area contributed by atoms with Crippen LogP contribution in [0.1, 0.15) is 19.4 Å². The van der Waals surface area contributed by atoms with Gasteiger partial charge in [0.1, 0.15) is 76.7 Å². The smallest absolute Gasteiger partial charge is 0.341 e. The molecular weight excluding hydrogens is 1090 g/mol. The standard InChI is InChI=1S/C15H14NO5P.C12H8NO6P.C10H6NO6P.C9H7O6P/c1-15(2)11-7-9(17)3-5-13(11)16-14-6-4-10(8-12(14)15)21-22(18,19)20;14-7-1-3-9-11(5-7)18-12-6-8(19-20(15,16)17)2-4-10(12)13-9;1-11-8-4-6-2-3-7(17-18(13,14)15)5-9(6)16-10(8)12;10-9-4-2-6-1-3-7(5-8(6)14-9)15-16(11,12)13/h3-8H,1-2H3,(H2,18,19,20);1-6H,(H2,15,16,17);2-5H,(H2,13,14,15);1-5H,(H2,11,12,13)/p-8. The van der Waals surface area contributed by atoms with Gasteiger partial charge < -0.3 is 88.8 Å². The number of fused-ring (bicyclic) bond motifs is 6. The molecular formula is C46H27N3O23P4-8. The number of nitrogens with zero attached hydrogens (tertiary/aromatic N) is 3. The van der Waals surface area contributed by atoms with Crippen LogP contribution in [0, 0.1) is 6.57 Å². The van der Waals surface area contributed by atoms with E-state index >= 15 is 0 Å². The topological polar surface area (TPSA) is 427 Å². The highest BCUT2D eigenvalue weighted by Gasteiger charge is 2.36. The molecule has 0 saturated carbocycles. The molecule has 4 aliphatic rings. The number of hydrogen-bond donors (Lipinski definition) is 0. The second kappa shape index (κ2) is 21.7. The van der Waals surface area contributed by atoms with Gasteiger partial charge in [-0.05, 0) is 108 Å². The summed E-state index contributed by atoms with van der Waals surface area (Å²) >= 11 is 0. The summed E-state index contributed by atoms with van der Waals surface area (Å²) in [7, 11) is -20.5. The third-order valence-corrected chi connectivity index (χ3v) is 11.9. The Morgan fingerprint density at radius 3 is 1.68 bits per heavy atom. The number of allylic oxidation sites excluding steroid dienone is 4. The van der Waals surface area contributed by atoms with E-state index in [9.17, 15) is 76.6 Å². The van der Waals surface area contributed by atoms with E-state index in [-0.39, 0.29) is 62.4 Å². The lowest BCUT2D eigenvalue weighted by molar-refractivity contribution is -0.335. The number of phosphoric ester groups is 4. The molecule has 76 heavy (non-hydrogen) atoms. The Kier molecular flexibility index (Phi) is 15.9. The van der Waals surface area contributed by atoms with Gasteiger partial charge in [0.2, 0.25) is 0 Å². The lowest BCUT2D eigenvalue weighted by Crippen LogP contribution is -2.30. The van der Waals surface area contributed by atoms with Crippen LogP contribution in [0.25, 0.3) is 49.3 Å². The van der Waals surface area contributed by atoms with Gasteiger partial charge >= 0.3 is 11.3 Å². The summed E-state index contributed by atoms with van der Waals surface area (Å²) < 4.78 is 74.0. The molecule has 0 fully saturated rings. The highest BCUT2D eigenvalue weighted by Crippen LogP contribution is 2.46. The number of hydrogen-bond acceptors (Lipinski definition) is 25. The number of carbonyl (C=O) groups is 1. The fourth-order valence-corrected chi connectivity index (χ4v) is 8.52. The van der Waals surface area contributed by atoms with E-state index in [0.29, 0.717) is 38.9 Å². The number of ketones is 1. The monoisotopic (exact) mass is 1110 g/mol. The van der Waals surface area contributed by atoms with Gasteiger partial charge in [-0.3, -0.25) is 14.4 Å². The summed E-state index contributed by atoms with van der Waals surface area (Å²) in [5.41, 5.74) is 1.69. The normalized spacial score (nSPS) is 13.7. The number of carbonyl (C=O) groups excluding carboxylic acids is 1. The van der Waals surface area contributed by atoms with Gasteiger partial charge in [-0.2, -0.15) is 0 Å². The molecule has 0 N–H and O–H groups in total. The minimum atomic E-state index is -5.16. The van der Waals surface area contributed by atoms with Crippen molar-refractivity contribution in [1.29, 1.82) is 0 Å². The van der Waals surface area contributed by atoms with E-state index in [0.717, 1.165) is 11.6 Å². The second-order valence-electron chi connectivity index (χ2n) is 15.9. The van der Waals surface area contributed by atoms with Crippen LogP contribution in [0.15, 0.2) is 166 Å². The van der Waals surface area contributed by atoms with E-state index in [2.05, 4.69) is 32.9 Å². The zero-order valence-corrected chi connectivity index (χ0v) is 41.7. The molecule has 0 unspecified atom stereocenters. The van der Waals surface area contributed by atoms with Crippen LogP contribution in [0.5, 0.6) is 23.0 Å². The van der Waals surface area contributed by atoms with E-state index in [1.165, 1.54) is 109 Å². The molecule has 30 heteroatoms. The zero-order chi connectivity index (χ0) is 55.5.